The molecule has 0 aliphatic carbocycles. The second-order valence-corrected chi connectivity index (χ2v) is 6.38. The Bertz CT molecular complexity index is 614. The highest BCUT2D eigenvalue weighted by Gasteiger charge is 2.19. The van der Waals surface area contributed by atoms with E-state index in [9.17, 15) is 13.2 Å². The molecule has 1 rings (SSSR count). The minimum atomic E-state index is -3.78. The molecule has 1 aromatic carbocycles. The van der Waals surface area contributed by atoms with Gasteiger partial charge in [0.1, 0.15) is 0 Å². The van der Waals surface area contributed by atoms with Gasteiger partial charge in [-0.25, -0.2) is 13.1 Å². The normalized spacial score (nSPS) is 11.4. The molecule has 0 aliphatic rings. The summed E-state index contributed by atoms with van der Waals surface area (Å²) in [4.78, 5) is 11.6. The van der Waals surface area contributed by atoms with E-state index in [2.05, 4.69) is 10.0 Å². The fourth-order valence-corrected chi connectivity index (χ4v) is 3.06. The molecule has 0 aliphatic heterocycles. The Hall–Kier alpha value is -1.64. The molecular weight excluding hydrogens is 294 g/mol. The van der Waals surface area contributed by atoms with E-state index < -0.39 is 15.9 Å². The van der Waals surface area contributed by atoms with Gasteiger partial charge in [0.05, 0.1) is 18.0 Å². The smallest absolute Gasteiger partial charge is 0.241 e. The Morgan fingerprint density at radius 2 is 2.00 bits per heavy atom. The lowest BCUT2D eigenvalue weighted by atomic mass is 10.1. The maximum absolute atomic E-state index is 12.2. The molecule has 0 saturated carbocycles. The Morgan fingerprint density at radius 1 is 1.33 bits per heavy atom. The summed E-state index contributed by atoms with van der Waals surface area (Å²) in [5, 5.41) is 2.53. The quantitative estimate of drug-likeness (QED) is 0.482. The van der Waals surface area contributed by atoms with Crippen molar-refractivity contribution in [1.29, 1.82) is 0 Å². The van der Waals surface area contributed by atoms with Crippen LogP contribution < -0.4 is 15.8 Å². The largest absolute Gasteiger partial charge is 0.398 e. The lowest BCUT2D eigenvalue weighted by Crippen LogP contribution is -2.38. The first kappa shape index (κ1) is 17.4. The number of sulfonamides is 1. The molecule has 1 aromatic rings. The number of carbonyl (C=O) groups is 1. The number of hydrogen-bond donors (Lipinski definition) is 3. The average molecular weight is 315 g/mol. The fraction of sp³-hybridized carbons (Fsp3) is 0.462. The number of nitrogens with two attached hydrogens (primary N) is 1. The number of amides is 1. The Labute approximate surface area is 124 Å². The number of ether oxygens (including phenoxy) is 1. The van der Waals surface area contributed by atoms with Crippen LogP contribution >= 0.6 is 0 Å². The minimum absolute atomic E-state index is 0.0877. The summed E-state index contributed by atoms with van der Waals surface area (Å²) in [6, 6.07) is 3.22. The van der Waals surface area contributed by atoms with Crippen molar-refractivity contribution in [1.82, 2.24) is 10.0 Å². The molecule has 0 heterocycles. The van der Waals surface area contributed by atoms with Crippen LogP contribution in [0.2, 0.25) is 0 Å². The number of hydrogen-bond acceptors (Lipinski definition) is 5. The zero-order valence-electron chi connectivity index (χ0n) is 12.4. The highest BCUT2D eigenvalue weighted by molar-refractivity contribution is 7.89. The predicted octanol–water partition coefficient (Wildman–Crippen LogP) is -0.0735. The van der Waals surface area contributed by atoms with Gasteiger partial charge >= 0.3 is 0 Å². The SMILES string of the molecule is COCCNC(=O)CNS(=O)(=O)c1cc(C)cc(N)c1C. The van der Waals surface area contributed by atoms with Gasteiger partial charge in [0.25, 0.3) is 0 Å². The topological polar surface area (TPSA) is 111 Å². The number of nitrogen functional groups attached to an aromatic ring is 1. The van der Waals surface area contributed by atoms with Crippen LogP contribution in [0.1, 0.15) is 11.1 Å². The van der Waals surface area contributed by atoms with Crippen molar-refractivity contribution in [3.05, 3.63) is 23.3 Å². The van der Waals surface area contributed by atoms with E-state index in [1.54, 1.807) is 19.9 Å². The number of benzene rings is 1. The van der Waals surface area contributed by atoms with Crippen molar-refractivity contribution in [2.45, 2.75) is 18.7 Å². The van der Waals surface area contributed by atoms with Crippen molar-refractivity contribution in [2.24, 2.45) is 0 Å². The van der Waals surface area contributed by atoms with E-state index in [1.807, 2.05) is 0 Å². The lowest BCUT2D eigenvalue weighted by Gasteiger charge is -2.12. The molecule has 0 spiro atoms. The highest BCUT2D eigenvalue weighted by atomic mass is 32.2. The number of nitrogens with one attached hydrogen (secondary N) is 2. The predicted molar refractivity (Wildman–Crippen MR) is 80.4 cm³/mol. The van der Waals surface area contributed by atoms with Crippen LogP contribution in [0.15, 0.2) is 17.0 Å². The average Bonchev–Trinajstić information content (AvgIpc) is 2.41. The molecule has 21 heavy (non-hydrogen) atoms. The molecule has 0 atom stereocenters. The number of aryl methyl sites for hydroxylation is 1. The Kier molecular flexibility index (Phi) is 6.13. The molecule has 4 N–H and O–H groups in total. The fourth-order valence-electron chi connectivity index (χ4n) is 1.72. The van der Waals surface area contributed by atoms with Crippen LogP contribution in [0.4, 0.5) is 5.69 Å². The van der Waals surface area contributed by atoms with E-state index >= 15 is 0 Å². The van der Waals surface area contributed by atoms with Gasteiger partial charge in [-0.2, -0.15) is 0 Å². The molecule has 8 heteroatoms. The second-order valence-electron chi connectivity index (χ2n) is 4.64. The molecule has 0 bridgehead atoms. The monoisotopic (exact) mass is 315 g/mol. The van der Waals surface area contributed by atoms with Crippen molar-refractivity contribution in [3.8, 4) is 0 Å². The highest BCUT2D eigenvalue weighted by Crippen LogP contribution is 2.22. The molecule has 118 valence electrons. The van der Waals surface area contributed by atoms with E-state index in [4.69, 9.17) is 10.5 Å². The second kappa shape index (κ2) is 7.39. The van der Waals surface area contributed by atoms with Crippen LogP contribution in [0.5, 0.6) is 0 Å². The van der Waals surface area contributed by atoms with Crippen molar-refractivity contribution >= 4 is 21.6 Å². The zero-order chi connectivity index (χ0) is 16.0. The zero-order valence-corrected chi connectivity index (χ0v) is 13.2. The van der Waals surface area contributed by atoms with E-state index in [0.29, 0.717) is 24.4 Å². The molecular formula is C13H21N3O4S. The number of carbonyl (C=O) groups excluding carboxylic acids is 1. The van der Waals surface area contributed by atoms with Crippen molar-refractivity contribution in [3.63, 3.8) is 0 Å². The third-order valence-electron chi connectivity index (χ3n) is 2.89. The molecule has 0 unspecified atom stereocenters. The molecule has 0 fully saturated rings. The summed E-state index contributed by atoms with van der Waals surface area (Å²) < 4.78 is 31.5. The van der Waals surface area contributed by atoms with Gasteiger partial charge in [-0.1, -0.05) is 0 Å². The summed E-state index contributed by atoms with van der Waals surface area (Å²) in [5.41, 5.74) is 7.38. The summed E-state index contributed by atoms with van der Waals surface area (Å²) >= 11 is 0. The summed E-state index contributed by atoms with van der Waals surface area (Å²) in [6.45, 7) is 3.74. The molecule has 0 radical (unpaired) electrons. The third-order valence-corrected chi connectivity index (χ3v) is 4.41. The van der Waals surface area contributed by atoms with E-state index in [1.165, 1.54) is 13.2 Å². The first-order valence-electron chi connectivity index (χ1n) is 6.40. The number of anilines is 1. The van der Waals surface area contributed by atoms with E-state index in [0.717, 1.165) is 5.56 Å². The van der Waals surface area contributed by atoms with Crippen LogP contribution in [-0.4, -0.2) is 41.1 Å². The van der Waals surface area contributed by atoms with Gasteiger partial charge in [0.15, 0.2) is 0 Å². The first-order valence-corrected chi connectivity index (χ1v) is 7.88. The van der Waals surface area contributed by atoms with Crippen LogP contribution in [0.3, 0.4) is 0 Å². The maximum Gasteiger partial charge on any atom is 0.241 e. The summed E-state index contributed by atoms with van der Waals surface area (Å²) in [7, 11) is -2.27. The lowest BCUT2D eigenvalue weighted by molar-refractivity contribution is -0.120. The van der Waals surface area contributed by atoms with Crippen LogP contribution in [0.25, 0.3) is 0 Å². The minimum Gasteiger partial charge on any atom is -0.398 e. The first-order chi connectivity index (χ1) is 9.77. The Morgan fingerprint density at radius 3 is 2.62 bits per heavy atom. The third kappa shape index (κ3) is 5.00. The van der Waals surface area contributed by atoms with Gasteiger partial charge in [-0.05, 0) is 37.1 Å². The molecule has 0 saturated heterocycles. The Balaban J connectivity index is 2.77. The van der Waals surface area contributed by atoms with Crippen LogP contribution in [0, 0.1) is 13.8 Å². The van der Waals surface area contributed by atoms with Crippen molar-refractivity contribution < 1.29 is 17.9 Å². The van der Waals surface area contributed by atoms with Gasteiger partial charge < -0.3 is 15.8 Å². The standard InChI is InChI=1S/C13H21N3O4S/c1-9-6-11(14)10(2)12(7-9)21(18,19)16-8-13(17)15-4-5-20-3/h6-7,16H,4-5,8,14H2,1-3H3,(H,15,17). The van der Waals surface area contributed by atoms with E-state index in [-0.39, 0.29) is 11.4 Å². The van der Waals surface area contributed by atoms with Gasteiger partial charge in [-0.15, -0.1) is 0 Å². The number of rotatable bonds is 7. The van der Waals surface area contributed by atoms with Gasteiger partial charge in [0, 0.05) is 19.3 Å². The van der Waals surface area contributed by atoms with Crippen molar-refractivity contribution in [2.75, 3.05) is 32.5 Å². The molecule has 0 aromatic heterocycles. The molecule has 7 nitrogen and oxygen atoms in total. The summed E-state index contributed by atoms with van der Waals surface area (Å²) in [6.07, 6.45) is 0. The molecule has 1 amide bonds. The maximum atomic E-state index is 12.2. The number of methoxy groups -OCH3 is 1. The van der Waals surface area contributed by atoms with Gasteiger partial charge in [0.2, 0.25) is 15.9 Å². The van der Waals surface area contributed by atoms with Crippen LogP contribution in [-0.2, 0) is 19.6 Å². The van der Waals surface area contributed by atoms with Gasteiger partial charge in [-0.3, -0.25) is 4.79 Å². The summed E-state index contributed by atoms with van der Waals surface area (Å²) in [5.74, 6) is -0.422.